The Morgan fingerprint density at radius 2 is 1.70 bits per heavy atom. The second-order valence-electron chi connectivity index (χ2n) is 5.82. The number of rotatable bonds is 7. The maximum absolute atomic E-state index is 12.3. The number of methoxy groups -OCH3 is 2. The molecule has 1 amide bonds. The van der Waals surface area contributed by atoms with Crippen LogP contribution in [0, 0.1) is 0 Å². The van der Waals surface area contributed by atoms with Gasteiger partial charge in [0.15, 0.2) is 0 Å². The number of ether oxygens (including phenoxy) is 2. The summed E-state index contributed by atoms with van der Waals surface area (Å²) in [4.78, 5) is 16.5. The highest BCUT2D eigenvalue weighted by atomic mass is 16.5. The van der Waals surface area contributed by atoms with Crippen molar-refractivity contribution in [2.75, 3.05) is 24.9 Å². The first kappa shape index (κ1) is 18.3. The molecule has 0 radical (unpaired) electrons. The molecule has 0 bridgehead atoms. The van der Waals surface area contributed by atoms with Gasteiger partial charge in [-0.25, -0.2) is 4.98 Å². The van der Waals surface area contributed by atoms with E-state index in [0.717, 1.165) is 17.0 Å². The van der Waals surface area contributed by atoms with Gasteiger partial charge in [0.25, 0.3) is 5.91 Å². The van der Waals surface area contributed by atoms with E-state index in [9.17, 15) is 4.79 Å². The molecule has 0 aliphatic rings. The van der Waals surface area contributed by atoms with Gasteiger partial charge in [0.2, 0.25) is 0 Å². The summed E-state index contributed by atoms with van der Waals surface area (Å²) in [6.45, 7) is 0.654. The van der Waals surface area contributed by atoms with E-state index in [4.69, 9.17) is 9.47 Å². The van der Waals surface area contributed by atoms with E-state index in [0.29, 0.717) is 23.7 Å². The van der Waals surface area contributed by atoms with E-state index < -0.39 is 0 Å². The molecule has 6 heteroatoms. The monoisotopic (exact) mass is 363 g/mol. The Bertz CT molecular complexity index is 893. The minimum absolute atomic E-state index is 0.273. The average molecular weight is 363 g/mol. The van der Waals surface area contributed by atoms with Crippen LogP contribution in [0.3, 0.4) is 0 Å². The van der Waals surface area contributed by atoms with Crippen molar-refractivity contribution in [3.05, 3.63) is 78.1 Å². The summed E-state index contributed by atoms with van der Waals surface area (Å²) >= 11 is 0. The minimum atomic E-state index is -0.273. The van der Waals surface area contributed by atoms with Crippen molar-refractivity contribution < 1.29 is 14.3 Å². The third kappa shape index (κ3) is 4.98. The zero-order valence-corrected chi connectivity index (χ0v) is 15.2. The number of aromatic nitrogens is 1. The molecule has 0 saturated heterocycles. The zero-order valence-electron chi connectivity index (χ0n) is 15.2. The molecule has 0 atom stereocenters. The number of amides is 1. The van der Waals surface area contributed by atoms with Crippen LogP contribution in [-0.4, -0.2) is 25.1 Å². The third-order valence-electron chi connectivity index (χ3n) is 3.98. The van der Waals surface area contributed by atoms with Crippen LogP contribution in [0.4, 0.5) is 11.4 Å². The number of hydrogen-bond acceptors (Lipinski definition) is 5. The lowest BCUT2D eigenvalue weighted by atomic mass is 10.2. The first-order valence-corrected chi connectivity index (χ1v) is 8.46. The number of nitrogens with zero attached hydrogens (tertiary/aromatic N) is 1. The van der Waals surface area contributed by atoms with Crippen LogP contribution < -0.4 is 20.1 Å². The zero-order chi connectivity index (χ0) is 19.1. The van der Waals surface area contributed by atoms with Crippen molar-refractivity contribution in [2.45, 2.75) is 6.54 Å². The Hall–Kier alpha value is -3.54. The van der Waals surface area contributed by atoms with Gasteiger partial charge < -0.3 is 20.1 Å². The number of benzene rings is 2. The lowest BCUT2D eigenvalue weighted by Gasteiger charge is -2.09. The highest BCUT2D eigenvalue weighted by Gasteiger charge is 2.08. The Labute approximate surface area is 158 Å². The average Bonchev–Trinajstić information content (AvgIpc) is 2.73. The fraction of sp³-hybridized carbons (Fsp3) is 0.143. The van der Waals surface area contributed by atoms with Crippen LogP contribution >= 0.6 is 0 Å². The molecule has 0 saturated carbocycles. The van der Waals surface area contributed by atoms with E-state index in [1.165, 1.54) is 0 Å². The third-order valence-corrected chi connectivity index (χ3v) is 3.98. The number of anilines is 2. The largest absolute Gasteiger partial charge is 0.497 e. The number of carbonyl (C=O) groups excluding carboxylic acids is 1. The van der Waals surface area contributed by atoms with Crippen LogP contribution in [0.25, 0.3) is 0 Å². The fourth-order valence-electron chi connectivity index (χ4n) is 2.48. The topological polar surface area (TPSA) is 72.5 Å². The normalized spacial score (nSPS) is 10.1. The fourth-order valence-corrected chi connectivity index (χ4v) is 2.48. The van der Waals surface area contributed by atoms with E-state index >= 15 is 0 Å². The molecule has 3 rings (SSSR count). The number of hydrogen-bond donors (Lipinski definition) is 2. The van der Waals surface area contributed by atoms with E-state index in [-0.39, 0.29) is 5.91 Å². The van der Waals surface area contributed by atoms with Crippen molar-refractivity contribution in [1.82, 2.24) is 4.98 Å². The molecular formula is C21H21N3O3. The van der Waals surface area contributed by atoms with E-state index in [1.54, 1.807) is 38.6 Å². The molecule has 6 nitrogen and oxygen atoms in total. The van der Waals surface area contributed by atoms with Gasteiger partial charge in [-0.05, 0) is 42.0 Å². The molecule has 3 aromatic rings. The summed E-state index contributed by atoms with van der Waals surface area (Å²) < 4.78 is 10.3. The SMILES string of the molecule is COc1ccc(CNc2ccc(C(=O)Nc3cccc(OC)c3)nc2)cc1. The maximum Gasteiger partial charge on any atom is 0.274 e. The minimum Gasteiger partial charge on any atom is -0.497 e. The summed E-state index contributed by atoms with van der Waals surface area (Å²) in [5.74, 6) is 1.23. The molecule has 0 spiro atoms. The predicted octanol–water partition coefficient (Wildman–Crippen LogP) is 3.96. The summed E-state index contributed by atoms with van der Waals surface area (Å²) in [6.07, 6.45) is 1.64. The molecule has 2 aromatic carbocycles. The second kappa shape index (κ2) is 8.71. The van der Waals surface area contributed by atoms with E-state index in [1.807, 2.05) is 42.5 Å². The molecule has 0 aliphatic heterocycles. The Morgan fingerprint density at radius 3 is 2.37 bits per heavy atom. The Kier molecular flexibility index (Phi) is 5.89. The smallest absolute Gasteiger partial charge is 0.274 e. The van der Waals surface area contributed by atoms with Gasteiger partial charge in [-0.2, -0.15) is 0 Å². The van der Waals surface area contributed by atoms with Crippen LogP contribution in [0.1, 0.15) is 16.1 Å². The van der Waals surface area contributed by atoms with Crippen molar-refractivity contribution in [2.24, 2.45) is 0 Å². The molecule has 2 N–H and O–H groups in total. The quantitative estimate of drug-likeness (QED) is 0.665. The van der Waals surface area contributed by atoms with Crippen molar-refractivity contribution in [3.63, 3.8) is 0 Å². The summed E-state index contributed by atoms with van der Waals surface area (Å²) in [6, 6.07) is 18.5. The van der Waals surface area contributed by atoms with Gasteiger partial charge in [0, 0.05) is 18.3 Å². The van der Waals surface area contributed by atoms with Crippen LogP contribution in [0.15, 0.2) is 66.9 Å². The Morgan fingerprint density at radius 1 is 0.926 bits per heavy atom. The standard InChI is InChI=1S/C21H21N3O3/c1-26-18-9-6-15(7-10-18)13-22-17-8-11-20(23-14-17)21(25)24-16-4-3-5-19(12-16)27-2/h3-12,14,22H,13H2,1-2H3,(H,24,25). The first-order valence-electron chi connectivity index (χ1n) is 8.46. The van der Waals surface area contributed by atoms with Crippen molar-refractivity contribution in [3.8, 4) is 11.5 Å². The van der Waals surface area contributed by atoms with Gasteiger partial charge >= 0.3 is 0 Å². The number of nitrogens with one attached hydrogen (secondary N) is 2. The molecule has 138 valence electrons. The van der Waals surface area contributed by atoms with Gasteiger partial charge in [-0.3, -0.25) is 4.79 Å². The highest BCUT2D eigenvalue weighted by molar-refractivity contribution is 6.03. The van der Waals surface area contributed by atoms with Gasteiger partial charge in [-0.1, -0.05) is 18.2 Å². The predicted molar refractivity (Wildman–Crippen MR) is 106 cm³/mol. The van der Waals surface area contributed by atoms with Gasteiger partial charge in [0.05, 0.1) is 26.1 Å². The van der Waals surface area contributed by atoms with E-state index in [2.05, 4.69) is 15.6 Å². The molecule has 1 heterocycles. The molecule has 0 unspecified atom stereocenters. The number of pyridine rings is 1. The summed E-state index contributed by atoms with van der Waals surface area (Å²) in [5.41, 5.74) is 2.95. The van der Waals surface area contributed by atoms with Crippen molar-refractivity contribution >= 4 is 17.3 Å². The Balaban J connectivity index is 1.57. The number of carbonyl (C=O) groups is 1. The molecule has 0 aliphatic carbocycles. The highest BCUT2D eigenvalue weighted by Crippen LogP contribution is 2.18. The lowest BCUT2D eigenvalue weighted by Crippen LogP contribution is -2.13. The van der Waals surface area contributed by atoms with Gasteiger partial charge in [-0.15, -0.1) is 0 Å². The molecule has 0 fully saturated rings. The molecular weight excluding hydrogens is 342 g/mol. The lowest BCUT2D eigenvalue weighted by molar-refractivity contribution is 0.102. The van der Waals surface area contributed by atoms with Crippen LogP contribution in [0.5, 0.6) is 11.5 Å². The summed E-state index contributed by atoms with van der Waals surface area (Å²) in [7, 11) is 3.23. The van der Waals surface area contributed by atoms with Crippen LogP contribution in [0.2, 0.25) is 0 Å². The summed E-state index contributed by atoms with van der Waals surface area (Å²) in [5, 5.41) is 6.09. The first-order chi connectivity index (χ1) is 13.2. The maximum atomic E-state index is 12.3. The molecule has 1 aromatic heterocycles. The van der Waals surface area contributed by atoms with Gasteiger partial charge in [0.1, 0.15) is 17.2 Å². The molecule has 27 heavy (non-hydrogen) atoms. The second-order valence-corrected chi connectivity index (χ2v) is 5.82. The van der Waals surface area contributed by atoms with Crippen molar-refractivity contribution in [1.29, 1.82) is 0 Å². The van der Waals surface area contributed by atoms with Crippen LogP contribution in [-0.2, 0) is 6.54 Å².